The van der Waals surface area contributed by atoms with Gasteiger partial charge in [0.15, 0.2) is 5.82 Å². The minimum atomic E-state index is -3.03. The molecule has 0 unspecified atom stereocenters. The predicted molar refractivity (Wildman–Crippen MR) is 91.0 cm³/mol. The third-order valence-electron chi connectivity index (χ3n) is 3.26. The van der Waals surface area contributed by atoms with E-state index in [1.807, 2.05) is 42.5 Å². The Morgan fingerprint density at radius 1 is 1.04 bits per heavy atom. The average molecular weight is 328 g/mol. The van der Waals surface area contributed by atoms with Gasteiger partial charge in [0, 0.05) is 24.4 Å². The summed E-state index contributed by atoms with van der Waals surface area (Å²) >= 11 is 0. The number of benzene rings is 1. The first-order chi connectivity index (χ1) is 11.0. The van der Waals surface area contributed by atoms with E-state index in [-0.39, 0.29) is 5.75 Å². The summed E-state index contributed by atoms with van der Waals surface area (Å²) in [5, 5.41) is 3.94. The number of anilines is 1. The molecule has 1 aromatic carbocycles. The number of aromatic nitrogens is 3. The Morgan fingerprint density at radius 3 is 2.57 bits per heavy atom. The molecule has 23 heavy (non-hydrogen) atoms. The molecule has 0 fully saturated rings. The van der Waals surface area contributed by atoms with Crippen LogP contribution in [-0.4, -0.2) is 41.9 Å². The fraction of sp³-hybridized carbons (Fsp3) is 0.188. The molecular formula is C16H16N4O2S. The minimum Gasteiger partial charge on any atom is -0.368 e. The Kier molecular flexibility index (Phi) is 4.20. The molecule has 118 valence electrons. The summed E-state index contributed by atoms with van der Waals surface area (Å²) in [7, 11) is -3.03. The molecule has 2 heterocycles. The fourth-order valence-electron chi connectivity index (χ4n) is 2.18. The maximum atomic E-state index is 11.3. The van der Waals surface area contributed by atoms with E-state index in [0.717, 1.165) is 10.9 Å². The number of para-hydroxylation sites is 1. The van der Waals surface area contributed by atoms with Crippen molar-refractivity contribution in [3.05, 3.63) is 48.7 Å². The lowest BCUT2D eigenvalue weighted by Crippen LogP contribution is -2.15. The SMILES string of the molecule is CS(=O)(=O)CCNc1nc(-c2ccccn2)nc2ccccc12. The molecule has 0 spiro atoms. The van der Waals surface area contributed by atoms with Crippen LogP contribution in [0, 0.1) is 0 Å². The van der Waals surface area contributed by atoms with Crippen LogP contribution in [0.15, 0.2) is 48.7 Å². The van der Waals surface area contributed by atoms with Crippen LogP contribution >= 0.6 is 0 Å². The third-order valence-corrected chi connectivity index (χ3v) is 4.21. The Hall–Kier alpha value is -2.54. The second-order valence-electron chi connectivity index (χ2n) is 5.18. The summed E-state index contributed by atoms with van der Waals surface area (Å²) < 4.78 is 22.6. The van der Waals surface area contributed by atoms with Gasteiger partial charge in [0.05, 0.1) is 11.3 Å². The van der Waals surface area contributed by atoms with E-state index in [0.29, 0.717) is 23.9 Å². The highest BCUT2D eigenvalue weighted by Crippen LogP contribution is 2.23. The molecule has 0 amide bonds. The van der Waals surface area contributed by atoms with Gasteiger partial charge in [-0.2, -0.15) is 0 Å². The van der Waals surface area contributed by atoms with E-state index < -0.39 is 9.84 Å². The lowest BCUT2D eigenvalue weighted by atomic mass is 10.2. The first-order valence-corrected chi connectivity index (χ1v) is 9.19. The van der Waals surface area contributed by atoms with Gasteiger partial charge in [-0.25, -0.2) is 18.4 Å². The number of pyridine rings is 1. The second kappa shape index (κ2) is 6.29. The van der Waals surface area contributed by atoms with Crippen LogP contribution in [0.1, 0.15) is 0 Å². The topological polar surface area (TPSA) is 84.8 Å². The maximum Gasteiger partial charge on any atom is 0.180 e. The Balaban J connectivity index is 2.01. The second-order valence-corrected chi connectivity index (χ2v) is 7.44. The summed E-state index contributed by atoms with van der Waals surface area (Å²) in [5.74, 6) is 1.16. The van der Waals surface area contributed by atoms with Crippen LogP contribution in [-0.2, 0) is 9.84 Å². The monoisotopic (exact) mass is 328 g/mol. The summed E-state index contributed by atoms with van der Waals surface area (Å²) in [6.45, 7) is 0.293. The zero-order valence-electron chi connectivity index (χ0n) is 12.6. The molecular weight excluding hydrogens is 312 g/mol. The number of nitrogens with one attached hydrogen (secondary N) is 1. The number of fused-ring (bicyclic) bond motifs is 1. The molecule has 0 aliphatic rings. The van der Waals surface area contributed by atoms with Gasteiger partial charge in [0.2, 0.25) is 0 Å². The van der Waals surface area contributed by atoms with E-state index in [1.54, 1.807) is 6.20 Å². The molecule has 6 nitrogen and oxygen atoms in total. The molecule has 1 N–H and O–H groups in total. The first-order valence-electron chi connectivity index (χ1n) is 7.13. The Morgan fingerprint density at radius 2 is 1.83 bits per heavy atom. The number of rotatable bonds is 5. The van der Waals surface area contributed by atoms with Gasteiger partial charge in [-0.1, -0.05) is 18.2 Å². The van der Waals surface area contributed by atoms with Crippen LogP contribution in [0.3, 0.4) is 0 Å². The molecule has 0 atom stereocenters. The molecule has 0 aliphatic carbocycles. The highest BCUT2D eigenvalue weighted by molar-refractivity contribution is 7.90. The van der Waals surface area contributed by atoms with E-state index >= 15 is 0 Å². The van der Waals surface area contributed by atoms with Gasteiger partial charge in [-0.05, 0) is 24.3 Å². The zero-order valence-corrected chi connectivity index (χ0v) is 13.4. The van der Waals surface area contributed by atoms with Crippen molar-refractivity contribution in [2.24, 2.45) is 0 Å². The molecule has 2 aromatic heterocycles. The van der Waals surface area contributed by atoms with Gasteiger partial charge in [-0.3, -0.25) is 4.98 Å². The summed E-state index contributed by atoms with van der Waals surface area (Å²) in [5.41, 5.74) is 1.45. The van der Waals surface area contributed by atoms with Crippen molar-refractivity contribution in [2.45, 2.75) is 0 Å². The minimum absolute atomic E-state index is 0.0459. The lowest BCUT2D eigenvalue weighted by Gasteiger charge is -2.10. The van der Waals surface area contributed by atoms with Gasteiger partial charge >= 0.3 is 0 Å². The first kappa shape index (κ1) is 15.4. The summed E-state index contributed by atoms with van der Waals surface area (Å²) in [6, 6.07) is 13.1. The largest absolute Gasteiger partial charge is 0.368 e. The van der Waals surface area contributed by atoms with E-state index in [2.05, 4.69) is 20.3 Å². The van der Waals surface area contributed by atoms with Gasteiger partial charge in [0.25, 0.3) is 0 Å². The Labute approximate surface area is 134 Å². The number of hydrogen-bond donors (Lipinski definition) is 1. The summed E-state index contributed by atoms with van der Waals surface area (Å²) in [4.78, 5) is 13.3. The predicted octanol–water partition coefficient (Wildman–Crippen LogP) is 2.15. The van der Waals surface area contributed by atoms with Crippen molar-refractivity contribution in [3.63, 3.8) is 0 Å². The van der Waals surface area contributed by atoms with Gasteiger partial charge in [-0.15, -0.1) is 0 Å². The van der Waals surface area contributed by atoms with Crippen molar-refractivity contribution in [2.75, 3.05) is 23.9 Å². The van der Waals surface area contributed by atoms with Crippen molar-refractivity contribution in [1.82, 2.24) is 15.0 Å². The van der Waals surface area contributed by atoms with Crippen LogP contribution < -0.4 is 5.32 Å². The maximum absolute atomic E-state index is 11.3. The highest BCUT2D eigenvalue weighted by Gasteiger charge is 2.10. The molecule has 0 aliphatic heterocycles. The highest BCUT2D eigenvalue weighted by atomic mass is 32.2. The van der Waals surface area contributed by atoms with Gasteiger partial charge < -0.3 is 5.32 Å². The smallest absolute Gasteiger partial charge is 0.180 e. The molecule has 3 rings (SSSR count). The van der Waals surface area contributed by atoms with Crippen molar-refractivity contribution < 1.29 is 8.42 Å². The molecule has 7 heteroatoms. The number of nitrogens with zero attached hydrogens (tertiary/aromatic N) is 3. The Bertz CT molecular complexity index is 927. The van der Waals surface area contributed by atoms with Crippen molar-refractivity contribution >= 4 is 26.6 Å². The van der Waals surface area contributed by atoms with E-state index in [9.17, 15) is 8.42 Å². The molecule has 0 saturated heterocycles. The van der Waals surface area contributed by atoms with Crippen LogP contribution in [0.4, 0.5) is 5.82 Å². The quantitative estimate of drug-likeness (QED) is 0.772. The fourth-order valence-corrected chi connectivity index (χ4v) is 2.65. The van der Waals surface area contributed by atoms with Crippen molar-refractivity contribution in [3.8, 4) is 11.5 Å². The third kappa shape index (κ3) is 3.81. The normalized spacial score (nSPS) is 11.5. The average Bonchev–Trinajstić information content (AvgIpc) is 2.54. The molecule has 0 bridgehead atoms. The van der Waals surface area contributed by atoms with Crippen LogP contribution in [0.2, 0.25) is 0 Å². The standard InChI is InChI=1S/C16H16N4O2S/c1-23(21,22)11-10-18-15-12-6-2-3-7-13(12)19-16(20-15)14-8-4-5-9-17-14/h2-9H,10-11H2,1H3,(H,18,19,20). The van der Waals surface area contributed by atoms with Crippen LogP contribution in [0.5, 0.6) is 0 Å². The van der Waals surface area contributed by atoms with Crippen LogP contribution in [0.25, 0.3) is 22.4 Å². The van der Waals surface area contributed by atoms with E-state index in [1.165, 1.54) is 6.26 Å². The number of sulfone groups is 1. The van der Waals surface area contributed by atoms with Crippen molar-refractivity contribution in [1.29, 1.82) is 0 Å². The summed E-state index contributed by atoms with van der Waals surface area (Å²) in [6.07, 6.45) is 2.90. The zero-order chi connectivity index (χ0) is 16.3. The molecule has 0 saturated carbocycles. The molecule has 0 radical (unpaired) electrons. The number of hydrogen-bond acceptors (Lipinski definition) is 6. The van der Waals surface area contributed by atoms with E-state index in [4.69, 9.17) is 0 Å². The lowest BCUT2D eigenvalue weighted by molar-refractivity contribution is 0.602. The van der Waals surface area contributed by atoms with Gasteiger partial charge in [0.1, 0.15) is 21.3 Å². The molecule has 3 aromatic rings.